The van der Waals surface area contributed by atoms with Gasteiger partial charge in [-0.25, -0.2) is 0 Å². The molecule has 0 bridgehead atoms. The highest BCUT2D eigenvalue weighted by atomic mass is 79.9. The van der Waals surface area contributed by atoms with Crippen molar-refractivity contribution in [1.29, 1.82) is 0 Å². The predicted octanol–water partition coefficient (Wildman–Crippen LogP) is 3.53. The van der Waals surface area contributed by atoms with Crippen molar-refractivity contribution in [1.82, 2.24) is 0 Å². The van der Waals surface area contributed by atoms with Gasteiger partial charge in [0.05, 0.1) is 6.10 Å². The van der Waals surface area contributed by atoms with Gasteiger partial charge in [0, 0.05) is 4.47 Å². The van der Waals surface area contributed by atoms with Gasteiger partial charge in [-0.05, 0) is 23.6 Å². The van der Waals surface area contributed by atoms with Crippen LogP contribution in [-0.4, -0.2) is 5.11 Å². The minimum atomic E-state index is -0.345. The molecule has 2 unspecified atom stereocenters. The monoisotopic (exact) mass is 242 g/mol. The first-order valence-corrected chi connectivity index (χ1v) is 5.38. The van der Waals surface area contributed by atoms with Crippen molar-refractivity contribution in [2.45, 2.75) is 26.4 Å². The van der Waals surface area contributed by atoms with Gasteiger partial charge in [0.2, 0.25) is 0 Å². The molecular weight excluding hydrogens is 228 g/mol. The maximum Gasteiger partial charge on any atom is 0.0815 e. The molecule has 2 heteroatoms. The number of rotatable bonds is 3. The van der Waals surface area contributed by atoms with Crippen LogP contribution in [0.4, 0.5) is 0 Å². The normalized spacial score (nSPS) is 15.4. The van der Waals surface area contributed by atoms with E-state index in [1.54, 1.807) is 0 Å². The Morgan fingerprint density at radius 3 is 2.69 bits per heavy atom. The molecule has 1 aromatic carbocycles. The third kappa shape index (κ3) is 2.82. The smallest absolute Gasteiger partial charge is 0.0815 e. The lowest BCUT2D eigenvalue weighted by Gasteiger charge is -2.17. The van der Waals surface area contributed by atoms with Crippen molar-refractivity contribution in [2.24, 2.45) is 5.92 Å². The molecule has 0 aliphatic heterocycles. The van der Waals surface area contributed by atoms with Crippen molar-refractivity contribution < 1.29 is 5.11 Å². The summed E-state index contributed by atoms with van der Waals surface area (Å²) in [6.45, 7) is 4.15. The summed E-state index contributed by atoms with van der Waals surface area (Å²) in [5.74, 6) is 0.314. The van der Waals surface area contributed by atoms with Crippen LogP contribution in [0.3, 0.4) is 0 Å². The van der Waals surface area contributed by atoms with Crippen molar-refractivity contribution in [3.63, 3.8) is 0 Å². The van der Waals surface area contributed by atoms with Crippen LogP contribution in [-0.2, 0) is 0 Å². The number of aliphatic hydroxyl groups is 1. The second kappa shape index (κ2) is 4.77. The lowest BCUT2D eigenvalue weighted by Crippen LogP contribution is -2.07. The molecule has 13 heavy (non-hydrogen) atoms. The number of hydrogen-bond donors (Lipinski definition) is 1. The largest absolute Gasteiger partial charge is 0.388 e. The predicted molar refractivity (Wildman–Crippen MR) is 58.6 cm³/mol. The third-order valence-corrected chi connectivity index (χ3v) is 2.87. The van der Waals surface area contributed by atoms with Crippen molar-refractivity contribution in [2.75, 3.05) is 0 Å². The lowest BCUT2D eigenvalue weighted by molar-refractivity contribution is 0.115. The van der Waals surface area contributed by atoms with E-state index in [2.05, 4.69) is 29.8 Å². The van der Waals surface area contributed by atoms with Crippen LogP contribution in [0.1, 0.15) is 31.9 Å². The molecule has 1 rings (SSSR count). The van der Waals surface area contributed by atoms with Crippen LogP contribution in [0.25, 0.3) is 0 Å². The fourth-order valence-electron chi connectivity index (χ4n) is 1.24. The molecular formula is C11H15BrO. The Bertz CT molecular complexity index is 273. The van der Waals surface area contributed by atoms with Crippen molar-refractivity contribution in [3.8, 4) is 0 Å². The van der Waals surface area contributed by atoms with Gasteiger partial charge < -0.3 is 5.11 Å². The van der Waals surface area contributed by atoms with Gasteiger partial charge in [0.15, 0.2) is 0 Å². The van der Waals surface area contributed by atoms with Gasteiger partial charge in [-0.15, -0.1) is 0 Å². The van der Waals surface area contributed by atoms with Gasteiger partial charge in [0.1, 0.15) is 0 Å². The molecule has 0 heterocycles. The summed E-state index contributed by atoms with van der Waals surface area (Å²) in [5, 5.41) is 9.89. The highest BCUT2D eigenvalue weighted by Crippen LogP contribution is 2.25. The molecule has 0 saturated heterocycles. The first-order valence-electron chi connectivity index (χ1n) is 4.58. The van der Waals surface area contributed by atoms with E-state index in [0.717, 1.165) is 16.5 Å². The van der Waals surface area contributed by atoms with E-state index >= 15 is 0 Å². The zero-order valence-electron chi connectivity index (χ0n) is 8.00. The van der Waals surface area contributed by atoms with Crippen LogP contribution >= 0.6 is 15.9 Å². The average molecular weight is 243 g/mol. The zero-order chi connectivity index (χ0) is 9.84. The molecule has 0 radical (unpaired) electrons. The minimum absolute atomic E-state index is 0.314. The van der Waals surface area contributed by atoms with Gasteiger partial charge in [-0.3, -0.25) is 0 Å². The standard InChI is InChI=1S/C11H15BrO/c1-3-8(2)11(13)9-5-4-6-10(12)7-9/h4-8,11,13H,3H2,1-2H3. The van der Waals surface area contributed by atoms with E-state index in [1.807, 2.05) is 24.3 Å². The highest BCUT2D eigenvalue weighted by molar-refractivity contribution is 9.10. The summed E-state index contributed by atoms with van der Waals surface area (Å²) in [6.07, 6.45) is 0.649. The number of hydrogen-bond acceptors (Lipinski definition) is 1. The topological polar surface area (TPSA) is 20.2 Å². The second-order valence-corrected chi connectivity index (χ2v) is 4.30. The average Bonchev–Trinajstić information content (AvgIpc) is 2.15. The number of aliphatic hydroxyl groups excluding tert-OH is 1. The second-order valence-electron chi connectivity index (χ2n) is 3.39. The van der Waals surface area contributed by atoms with Crippen molar-refractivity contribution in [3.05, 3.63) is 34.3 Å². The Morgan fingerprint density at radius 1 is 1.46 bits per heavy atom. The van der Waals surface area contributed by atoms with Crippen LogP contribution in [0.5, 0.6) is 0 Å². The fraction of sp³-hybridized carbons (Fsp3) is 0.455. The third-order valence-electron chi connectivity index (χ3n) is 2.37. The summed E-state index contributed by atoms with van der Waals surface area (Å²) in [6, 6.07) is 7.84. The molecule has 1 nitrogen and oxygen atoms in total. The molecule has 0 spiro atoms. The SMILES string of the molecule is CCC(C)C(O)c1cccc(Br)c1. The Hall–Kier alpha value is -0.340. The quantitative estimate of drug-likeness (QED) is 0.860. The van der Waals surface area contributed by atoms with E-state index < -0.39 is 0 Å². The maximum atomic E-state index is 9.89. The maximum absolute atomic E-state index is 9.89. The fourth-order valence-corrected chi connectivity index (χ4v) is 1.66. The summed E-state index contributed by atoms with van der Waals surface area (Å²) in [4.78, 5) is 0. The van der Waals surface area contributed by atoms with Crippen molar-refractivity contribution >= 4 is 15.9 Å². The van der Waals surface area contributed by atoms with Crippen LogP contribution in [0.2, 0.25) is 0 Å². The van der Waals surface area contributed by atoms with E-state index in [-0.39, 0.29) is 6.10 Å². The van der Waals surface area contributed by atoms with Gasteiger partial charge in [0.25, 0.3) is 0 Å². The molecule has 0 aliphatic carbocycles. The first-order chi connectivity index (χ1) is 6.15. The van der Waals surface area contributed by atoms with Gasteiger partial charge >= 0.3 is 0 Å². The molecule has 0 aromatic heterocycles. The Balaban J connectivity index is 2.82. The zero-order valence-corrected chi connectivity index (χ0v) is 9.58. The molecule has 72 valence electrons. The Kier molecular flexibility index (Phi) is 3.94. The Labute approximate surface area is 87.9 Å². The summed E-state index contributed by atoms with van der Waals surface area (Å²) < 4.78 is 1.02. The first kappa shape index (κ1) is 10.7. The van der Waals surface area contributed by atoms with Gasteiger partial charge in [-0.2, -0.15) is 0 Å². The summed E-state index contributed by atoms with van der Waals surface area (Å²) in [7, 11) is 0. The van der Waals surface area contributed by atoms with E-state index in [0.29, 0.717) is 5.92 Å². The van der Waals surface area contributed by atoms with E-state index in [1.165, 1.54) is 0 Å². The molecule has 0 amide bonds. The Morgan fingerprint density at radius 2 is 2.15 bits per heavy atom. The van der Waals surface area contributed by atoms with E-state index in [9.17, 15) is 5.11 Å². The highest BCUT2D eigenvalue weighted by Gasteiger charge is 2.14. The summed E-state index contributed by atoms with van der Waals surface area (Å²) in [5.41, 5.74) is 0.990. The molecule has 0 fully saturated rings. The number of benzene rings is 1. The minimum Gasteiger partial charge on any atom is -0.388 e. The molecule has 2 atom stereocenters. The molecule has 1 aromatic rings. The molecule has 0 saturated carbocycles. The number of halogens is 1. The lowest BCUT2D eigenvalue weighted by atomic mass is 9.95. The van der Waals surface area contributed by atoms with Crippen LogP contribution in [0.15, 0.2) is 28.7 Å². The molecule has 0 aliphatic rings. The van der Waals surface area contributed by atoms with Gasteiger partial charge in [-0.1, -0.05) is 48.3 Å². The van der Waals surface area contributed by atoms with E-state index in [4.69, 9.17) is 0 Å². The van der Waals surface area contributed by atoms with Crippen LogP contribution < -0.4 is 0 Å². The summed E-state index contributed by atoms with van der Waals surface area (Å²) >= 11 is 3.39. The van der Waals surface area contributed by atoms with Crippen LogP contribution in [0, 0.1) is 5.92 Å². The molecule has 1 N–H and O–H groups in total.